The number of benzene rings is 1. The van der Waals surface area contributed by atoms with Crippen molar-refractivity contribution in [1.82, 2.24) is 9.80 Å². The molecule has 2 amide bonds. The maximum Gasteiger partial charge on any atom is 0.347 e. The zero-order valence-corrected chi connectivity index (χ0v) is 30.3. The Morgan fingerprint density at radius 3 is 2.41 bits per heavy atom. The lowest BCUT2D eigenvalue weighted by atomic mass is 9.94. The SMILES string of the molecule is CCOC(=O)/C(=C/N1CCC(OCCOC2=CC=C(c3cc(=O)oc4ccc(OC)cc34)CC2)CC1)C(=O)OC(CCCCN1C(=O)C=CC1=O)C(=O)O. The van der Waals surface area contributed by atoms with Crippen LogP contribution in [0.2, 0.25) is 0 Å². The van der Waals surface area contributed by atoms with Crippen LogP contribution >= 0.6 is 0 Å². The lowest BCUT2D eigenvalue weighted by Gasteiger charge is -2.31. The smallest absolute Gasteiger partial charge is 0.347 e. The molecular weight excluding hydrogens is 704 g/mol. The number of esters is 2. The summed E-state index contributed by atoms with van der Waals surface area (Å²) >= 11 is 0. The first kappa shape index (κ1) is 39.5. The van der Waals surface area contributed by atoms with E-state index in [9.17, 15) is 33.9 Å². The van der Waals surface area contributed by atoms with Crippen LogP contribution in [0.4, 0.5) is 0 Å². The lowest BCUT2D eigenvalue weighted by molar-refractivity contribution is -0.163. The Hall–Kier alpha value is -5.70. The Balaban J connectivity index is 1.07. The molecule has 3 heterocycles. The number of carbonyl (C=O) groups is 5. The van der Waals surface area contributed by atoms with Crippen LogP contribution in [0.3, 0.4) is 0 Å². The largest absolute Gasteiger partial charge is 0.497 e. The molecule has 1 N–H and O–H groups in total. The number of piperidine rings is 1. The van der Waals surface area contributed by atoms with Crippen molar-refractivity contribution in [2.24, 2.45) is 0 Å². The van der Waals surface area contributed by atoms with Gasteiger partial charge in [-0.3, -0.25) is 14.5 Å². The molecule has 1 aromatic carbocycles. The maximum atomic E-state index is 13.1. The van der Waals surface area contributed by atoms with Gasteiger partial charge in [-0.2, -0.15) is 0 Å². The molecule has 1 unspecified atom stereocenters. The van der Waals surface area contributed by atoms with E-state index in [1.165, 1.54) is 24.4 Å². The van der Waals surface area contributed by atoms with E-state index in [0.717, 1.165) is 27.2 Å². The van der Waals surface area contributed by atoms with Crippen molar-refractivity contribution in [2.45, 2.75) is 64.1 Å². The van der Waals surface area contributed by atoms with E-state index >= 15 is 0 Å². The van der Waals surface area contributed by atoms with E-state index < -0.39 is 47.0 Å². The highest BCUT2D eigenvalue weighted by Gasteiger charge is 2.30. The summed E-state index contributed by atoms with van der Waals surface area (Å²) in [6.45, 7) is 3.32. The fourth-order valence-electron chi connectivity index (χ4n) is 6.31. The summed E-state index contributed by atoms with van der Waals surface area (Å²) in [5, 5.41) is 10.5. The van der Waals surface area contributed by atoms with Gasteiger partial charge in [-0.15, -0.1) is 0 Å². The van der Waals surface area contributed by atoms with Gasteiger partial charge in [0.2, 0.25) is 0 Å². The fraction of sp³-hybridized carbons (Fsp3) is 0.436. The number of carboxylic acids is 1. The van der Waals surface area contributed by atoms with Crippen molar-refractivity contribution >= 4 is 46.3 Å². The van der Waals surface area contributed by atoms with Crippen molar-refractivity contribution in [3.63, 3.8) is 0 Å². The number of amides is 2. The molecule has 0 bridgehead atoms. The number of imide groups is 1. The summed E-state index contributed by atoms with van der Waals surface area (Å²) in [6, 6.07) is 6.82. The number of methoxy groups -OCH3 is 1. The van der Waals surface area contributed by atoms with E-state index in [0.29, 0.717) is 69.7 Å². The second kappa shape index (κ2) is 18.9. The average molecular weight is 749 g/mol. The van der Waals surface area contributed by atoms with Gasteiger partial charge in [0.15, 0.2) is 11.7 Å². The number of fused-ring (bicyclic) bond motifs is 1. The standard InChI is InChI=1S/C39H44N2O13/c1-3-50-38(47)31(39(48)54-33(37(45)46)6-4-5-17-41-34(42)13-14-35(41)43)24-40-18-15-27(16-19-40)52-21-20-51-26-9-7-25(8-10-26)29-23-36(44)53-32-12-11-28(49-2)22-30(29)32/h7,9,11-14,22-24,27,33H,3-6,8,10,15-21H2,1-2H3,(H,45,46)/b31-24-. The molecule has 288 valence electrons. The van der Waals surface area contributed by atoms with Gasteiger partial charge in [0, 0.05) is 55.9 Å². The molecule has 0 spiro atoms. The van der Waals surface area contributed by atoms with Crippen molar-refractivity contribution in [3.8, 4) is 5.75 Å². The third kappa shape index (κ3) is 10.5. The van der Waals surface area contributed by atoms with Crippen LogP contribution in [0.25, 0.3) is 16.5 Å². The molecule has 3 aliphatic rings. The number of hydrogen-bond donors (Lipinski definition) is 1. The third-order valence-electron chi connectivity index (χ3n) is 9.16. The number of carbonyl (C=O) groups excluding carboxylic acids is 4. The molecule has 2 aliphatic heterocycles. The Morgan fingerprint density at radius 2 is 1.74 bits per heavy atom. The second-order valence-corrected chi connectivity index (χ2v) is 12.8. The van der Waals surface area contributed by atoms with Crippen LogP contribution in [0, 0.1) is 0 Å². The number of likely N-dealkylation sites (tertiary alicyclic amines) is 1. The van der Waals surface area contributed by atoms with Crippen molar-refractivity contribution in [2.75, 3.05) is 46.6 Å². The summed E-state index contributed by atoms with van der Waals surface area (Å²) in [5.74, 6) is -2.83. The molecule has 5 rings (SSSR count). The van der Waals surface area contributed by atoms with E-state index in [1.54, 1.807) is 31.1 Å². The molecule has 1 atom stereocenters. The zero-order valence-electron chi connectivity index (χ0n) is 30.3. The number of allylic oxidation sites excluding steroid dienone is 4. The first-order valence-corrected chi connectivity index (χ1v) is 17.9. The zero-order chi connectivity index (χ0) is 38.6. The second-order valence-electron chi connectivity index (χ2n) is 12.8. The van der Waals surface area contributed by atoms with E-state index in [4.69, 9.17) is 28.1 Å². The van der Waals surface area contributed by atoms with Crippen molar-refractivity contribution < 1.29 is 57.2 Å². The summed E-state index contributed by atoms with van der Waals surface area (Å²) in [5.41, 5.74) is 1.44. The van der Waals surface area contributed by atoms with Gasteiger partial charge in [-0.05, 0) is 80.9 Å². The average Bonchev–Trinajstić information content (AvgIpc) is 3.49. The number of ether oxygens (including phenoxy) is 5. The van der Waals surface area contributed by atoms with Gasteiger partial charge >= 0.3 is 23.5 Å². The van der Waals surface area contributed by atoms with E-state index in [2.05, 4.69) is 0 Å². The third-order valence-corrected chi connectivity index (χ3v) is 9.16. The number of nitrogens with zero attached hydrogens (tertiary/aromatic N) is 2. The molecular formula is C39H44N2O13. The molecule has 1 saturated heterocycles. The van der Waals surface area contributed by atoms with Crippen molar-refractivity contribution in [3.05, 3.63) is 82.1 Å². The number of aliphatic carboxylic acids is 1. The predicted octanol–water partition coefficient (Wildman–Crippen LogP) is 3.90. The monoisotopic (exact) mass is 748 g/mol. The van der Waals surface area contributed by atoms with Crippen LogP contribution in [0.15, 0.2) is 75.3 Å². The number of unbranched alkanes of at least 4 members (excludes halogenated alkanes) is 1. The van der Waals surface area contributed by atoms with Gasteiger partial charge in [0.05, 0.1) is 32.2 Å². The highest BCUT2D eigenvalue weighted by Crippen LogP contribution is 2.33. The van der Waals surface area contributed by atoms with Crippen molar-refractivity contribution in [1.29, 1.82) is 0 Å². The Morgan fingerprint density at radius 1 is 0.981 bits per heavy atom. The van der Waals surface area contributed by atoms with Gasteiger partial charge in [0.1, 0.15) is 17.9 Å². The molecule has 0 saturated carbocycles. The maximum absolute atomic E-state index is 13.1. The number of hydrogen-bond acceptors (Lipinski definition) is 13. The highest BCUT2D eigenvalue weighted by molar-refractivity contribution is 6.14. The minimum absolute atomic E-state index is 0.000355. The molecule has 1 aromatic heterocycles. The number of rotatable bonds is 18. The van der Waals surface area contributed by atoms with Gasteiger partial charge in [-0.1, -0.05) is 6.08 Å². The Bertz CT molecular complexity index is 1900. The van der Waals surface area contributed by atoms with Crippen LogP contribution in [-0.4, -0.2) is 103 Å². The summed E-state index contributed by atoms with van der Waals surface area (Å²) in [6.07, 6.45) is 8.93. The molecule has 2 aromatic rings. The summed E-state index contributed by atoms with van der Waals surface area (Å²) in [4.78, 5) is 76.1. The predicted molar refractivity (Wildman–Crippen MR) is 193 cm³/mol. The Kier molecular flexibility index (Phi) is 13.8. The fourth-order valence-corrected chi connectivity index (χ4v) is 6.31. The molecule has 0 radical (unpaired) electrons. The van der Waals surface area contributed by atoms with Gasteiger partial charge in [-0.25, -0.2) is 19.2 Å². The highest BCUT2D eigenvalue weighted by atomic mass is 16.6. The first-order valence-electron chi connectivity index (χ1n) is 17.9. The molecule has 1 aliphatic carbocycles. The minimum atomic E-state index is -1.54. The topological polar surface area (TPSA) is 188 Å². The summed E-state index contributed by atoms with van der Waals surface area (Å²) in [7, 11) is 1.58. The van der Waals surface area contributed by atoms with Crippen LogP contribution in [0.1, 0.15) is 57.4 Å². The quantitative estimate of drug-likeness (QED) is 0.0440. The number of carboxylic acid groups (broad SMARTS) is 1. The van der Waals surface area contributed by atoms with E-state index in [1.807, 2.05) is 18.2 Å². The molecule has 15 nitrogen and oxygen atoms in total. The minimum Gasteiger partial charge on any atom is -0.497 e. The molecule has 15 heteroatoms. The van der Waals surface area contributed by atoms with Crippen LogP contribution in [0.5, 0.6) is 5.75 Å². The normalized spacial score (nSPS) is 17.0. The van der Waals surface area contributed by atoms with Crippen LogP contribution in [-0.2, 0) is 42.9 Å². The van der Waals surface area contributed by atoms with Gasteiger partial charge in [0.25, 0.3) is 11.8 Å². The lowest BCUT2D eigenvalue weighted by Crippen LogP contribution is -2.36. The summed E-state index contributed by atoms with van der Waals surface area (Å²) < 4.78 is 33.0. The molecule has 54 heavy (non-hydrogen) atoms. The molecule has 1 fully saturated rings. The van der Waals surface area contributed by atoms with Crippen LogP contribution < -0.4 is 10.4 Å². The Labute approximate surface area is 311 Å². The van der Waals surface area contributed by atoms with E-state index in [-0.39, 0.29) is 32.1 Å². The first-order chi connectivity index (χ1) is 26.1. The van der Waals surface area contributed by atoms with Gasteiger partial charge < -0.3 is 38.1 Å².